The lowest BCUT2D eigenvalue weighted by Gasteiger charge is -2.14. The van der Waals surface area contributed by atoms with Crippen LogP contribution in [0.5, 0.6) is 0 Å². The van der Waals surface area contributed by atoms with Crippen LogP contribution in [0.1, 0.15) is 6.92 Å². The fraction of sp³-hybridized carbons (Fsp3) is 0.364. The zero-order chi connectivity index (χ0) is 13.5. The predicted octanol–water partition coefficient (Wildman–Crippen LogP) is 2.26. The number of para-hydroxylation sites is 1. The van der Waals surface area contributed by atoms with E-state index in [0.717, 1.165) is 0 Å². The molecule has 0 bridgehead atoms. The number of nitrogens with one attached hydrogen (secondary N) is 2. The number of aliphatic imine (C=N–C) groups is 1. The number of benzene rings is 1. The molecule has 0 heterocycles. The van der Waals surface area contributed by atoms with Gasteiger partial charge in [0.2, 0.25) is 5.96 Å². The number of guanidine groups is 1. The van der Waals surface area contributed by atoms with Gasteiger partial charge in [-0.3, -0.25) is 5.43 Å². The van der Waals surface area contributed by atoms with Crippen LogP contribution >= 0.6 is 23.2 Å². The first-order valence-electron chi connectivity index (χ1n) is 5.32. The van der Waals surface area contributed by atoms with Crippen molar-refractivity contribution in [3.8, 4) is 0 Å². The van der Waals surface area contributed by atoms with E-state index in [2.05, 4.69) is 15.7 Å². The minimum absolute atomic E-state index is 0.0465. The molecule has 1 rings (SSSR count). The second-order valence-electron chi connectivity index (χ2n) is 3.65. The highest BCUT2D eigenvalue weighted by molar-refractivity contribution is 6.39. The van der Waals surface area contributed by atoms with Crippen LogP contribution in [0.15, 0.2) is 23.2 Å². The van der Waals surface area contributed by atoms with Gasteiger partial charge in [-0.25, -0.2) is 10.8 Å². The van der Waals surface area contributed by atoms with E-state index in [1.54, 1.807) is 25.3 Å². The lowest BCUT2D eigenvalue weighted by atomic mass is 10.3. The van der Waals surface area contributed by atoms with Crippen molar-refractivity contribution in [3.63, 3.8) is 0 Å². The number of methoxy groups -OCH3 is 1. The van der Waals surface area contributed by atoms with Gasteiger partial charge in [-0.1, -0.05) is 29.3 Å². The quantitative estimate of drug-likeness (QED) is 0.344. The Balaban J connectivity index is 2.86. The molecule has 5 nitrogen and oxygen atoms in total. The second-order valence-corrected chi connectivity index (χ2v) is 4.46. The predicted molar refractivity (Wildman–Crippen MR) is 76.2 cm³/mol. The van der Waals surface area contributed by atoms with E-state index in [-0.39, 0.29) is 6.04 Å². The Morgan fingerprint density at radius 3 is 2.56 bits per heavy atom. The lowest BCUT2D eigenvalue weighted by Crippen LogP contribution is -2.37. The van der Waals surface area contributed by atoms with Crippen molar-refractivity contribution in [3.05, 3.63) is 28.2 Å². The van der Waals surface area contributed by atoms with Crippen molar-refractivity contribution in [2.75, 3.05) is 19.0 Å². The summed E-state index contributed by atoms with van der Waals surface area (Å²) in [5.74, 6) is 5.76. The molecule has 0 aliphatic heterocycles. The second kappa shape index (κ2) is 7.43. The number of nitrogens with zero attached hydrogens (tertiary/aromatic N) is 1. The number of nitrogens with two attached hydrogens (primary N) is 1. The molecule has 0 saturated heterocycles. The van der Waals surface area contributed by atoms with Gasteiger partial charge in [0.25, 0.3) is 0 Å². The normalized spacial score (nSPS) is 13.3. The van der Waals surface area contributed by atoms with E-state index in [1.165, 1.54) is 0 Å². The standard InChI is InChI=1S/C11H16Cl2N4O/c1-7(6-18-2)15-11(17-14)16-10-8(12)4-3-5-9(10)13/h3-5,7H,6,14H2,1-2H3,(H2,15,16,17). The number of hydrazine groups is 1. The number of hydrogen-bond acceptors (Lipinski definition) is 3. The molecule has 0 aliphatic rings. The van der Waals surface area contributed by atoms with Crippen LogP contribution in [0.3, 0.4) is 0 Å². The summed E-state index contributed by atoms with van der Waals surface area (Å²) in [7, 11) is 1.61. The Bertz CT molecular complexity index is 405. The Hall–Kier alpha value is -1.01. The van der Waals surface area contributed by atoms with Crippen molar-refractivity contribution in [1.82, 2.24) is 5.43 Å². The SMILES string of the molecule is COCC(C)N=C(NN)Nc1c(Cl)cccc1Cl. The van der Waals surface area contributed by atoms with Gasteiger partial charge in [0, 0.05) is 7.11 Å². The van der Waals surface area contributed by atoms with Crippen molar-refractivity contribution in [1.29, 1.82) is 0 Å². The molecule has 0 amide bonds. The van der Waals surface area contributed by atoms with Crippen LogP contribution < -0.4 is 16.6 Å². The molecule has 100 valence electrons. The molecule has 0 radical (unpaired) electrons. The summed E-state index contributed by atoms with van der Waals surface area (Å²) in [4.78, 5) is 4.29. The molecule has 7 heteroatoms. The molecule has 1 aromatic rings. The van der Waals surface area contributed by atoms with Crippen LogP contribution in [0.4, 0.5) is 5.69 Å². The van der Waals surface area contributed by atoms with Crippen LogP contribution in [-0.2, 0) is 4.74 Å². The maximum absolute atomic E-state index is 6.03. The molecular weight excluding hydrogens is 275 g/mol. The lowest BCUT2D eigenvalue weighted by molar-refractivity contribution is 0.185. The first-order chi connectivity index (χ1) is 8.58. The van der Waals surface area contributed by atoms with Gasteiger partial charge in [-0.2, -0.15) is 0 Å². The Kier molecular flexibility index (Phi) is 6.21. The van der Waals surface area contributed by atoms with E-state index in [0.29, 0.717) is 28.3 Å². The summed E-state index contributed by atoms with van der Waals surface area (Å²) in [6, 6.07) is 5.16. The summed E-state index contributed by atoms with van der Waals surface area (Å²) in [6.45, 7) is 2.39. The van der Waals surface area contributed by atoms with Gasteiger partial charge in [0.15, 0.2) is 0 Å². The van der Waals surface area contributed by atoms with Gasteiger partial charge in [-0.05, 0) is 19.1 Å². The Morgan fingerprint density at radius 1 is 1.44 bits per heavy atom. The van der Waals surface area contributed by atoms with Gasteiger partial charge in [0.05, 0.1) is 28.4 Å². The topological polar surface area (TPSA) is 71.7 Å². The zero-order valence-corrected chi connectivity index (χ0v) is 11.7. The monoisotopic (exact) mass is 290 g/mol. The highest BCUT2D eigenvalue weighted by atomic mass is 35.5. The van der Waals surface area contributed by atoms with Crippen LogP contribution in [0.2, 0.25) is 10.0 Å². The smallest absolute Gasteiger partial charge is 0.210 e. The fourth-order valence-corrected chi connectivity index (χ4v) is 1.83. The van der Waals surface area contributed by atoms with E-state index in [1.807, 2.05) is 6.92 Å². The van der Waals surface area contributed by atoms with Crippen LogP contribution in [0, 0.1) is 0 Å². The van der Waals surface area contributed by atoms with Crippen molar-refractivity contribution >= 4 is 34.8 Å². The molecule has 1 atom stereocenters. The van der Waals surface area contributed by atoms with Crippen molar-refractivity contribution in [2.24, 2.45) is 10.8 Å². The third kappa shape index (κ3) is 4.34. The van der Waals surface area contributed by atoms with Gasteiger partial charge in [-0.15, -0.1) is 0 Å². The Labute approximate surface area is 116 Å². The Morgan fingerprint density at radius 2 is 2.06 bits per heavy atom. The molecule has 0 saturated carbocycles. The first kappa shape index (κ1) is 15.0. The maximum Gasteiger partial charge on any atom is 0.210 e. The summed E-state index contributed by atoms with van der Waals surface area (Å²) in [6.07, 6.45) is 0. The maximum atomic E-state index is 6.03. The van der Waals surface area contributed by atoms with E-state index < -0.39 is 0 Å². The summed E-state index contributed by atoms with van der Waals surface area (Å²) in [5.41, 5.74) is 3.02. The number of halogens is 2. The van der Waals surface area contributed by atoms with Crippen molar-refractivity contribution in [2.45, 2.75) is 13.0 Å². The summed E-state index contributed by atoms with van der Waals surface area (Å²) >= 11 is 12.1. The molecule has 4 N–H and O–H groups in total. The number of ether oxygens (including phenoxy) is 1. The van der Waals surface area contributed by atoms with Crippen LogP contribution in [-0.4, -0.2) is 25.7 Å². The minimum Gasteiger partial charge on any atom is -0.382 e. The highest BCUT2D eigenvalue weighted by Crippen LogP contribution is 2.29. The molecule has 0 spiro atoms. The molecule has 18 heavy (non-hydrogen) atoms. The molecular formula is C11H16Cl2N4O. The number of rotatable bonds is 4. The van der Waals surface area contributed by atoms with E-state index >= 15 is 0 Å². The fourth-order valence-electron chi connectivity index (χ4n) is 1.34. The van der Waals surface area contributed by atoms with Crippen LogP contribution in [0.25, 0.3) is 0 Å². The third-order valence-corrected chi connectivity index (χ3v) is 2.73. The van der Waals surface area contributed by atoms with Gasteiger partial charge >= 0.3 is 0 Å². The van der Waals surface area contributed by atoms with Gasteiger partial charge in [0.1, 0.15) is 0 Å². The molecule has 0 aromatic heterocycles. The molecule has 1 aromatic carbocycles. The summed E-state index contributed by atoms with van der Waals surface area (Å²) in [5, 5.41) is 3.93. The number of anilines is 1. The van der Waals surface area contributed by atoms with Gasteiger partial charge < -0.3 is 10.1 Å². The average Bonchev–Trinajstić information content (AvgIpc) is 2.33. The summed E-state index contributed by atoms with van der Waals surface area (Å²) < 4.78 is 4.99. The van der Waals surface area contributed by atoms with E-state index in [4.69, 9.17) is 33.8 Å². The largest absolute Gasteiger partial charge is 0.382 e. The third-order valence-electron chi connectivity index (χ3n) is 2.10. The first-order valence-corrected chi connectivity index (χ1v) is 6.08. The average molecular weight is 291 g/mol. The highest BCUT2D eigenvalue weighted by Gasteiger charge is 2.08. The zero-order valence-electron chi connectivity index (χ0n) is 10.2. The minimum atomic E-state index is -0.0465. The van der Waals surface area contributed by atoms with Crippen molar-refractivity contribution < 1.29 is 4.74 Å². The van der Waals surface area contributed by atoms with E-state index in [9.17, 15) is 0 Å². The number of hydrogen-bond donors (Lipinski definition) is 3. The molecule has 1 unspecified atom stereocenters. The molecule has 0 fully saturated rings. The molecule has 0 aliphatic carbocycles.